The predicted octanol–water partition coefficient (Wildman–Crippen LogP) is 1.11. The van der Waals surface area contributed by atoms with Crippen molar-refractivity contribution in [2.24, 2.45) is 0 Å². The topological polar surface area (TPSA) is 87.2 Å². The molecule has 0 heterocycles. The number of nitrogens with two attached hydrogens (primary N) is 1. The van der Waals surface area contributed by atoms with Gasteiger partial charge in [0.1, 0.15) is 0 Å². The Morgan fingerprint density at radius 2 is 2.12 bits per heavy atom. The third-order valence-electron chi connectivity index (χ3n) is 2.55. The van der Waals surface area contributed by atoms with Crippen LogP contribution in [0.15, 0.2) is 23.1 Å². The van der Waals surface area contributed by atoms with Crippen molar-refractivity contribution in [3.8, 4) is 6.07 Å². The first-order valence-electron chi connectivity index (χ1n) is 5.09. The fraction of sp³-hybridized carbons (Fsp3) is 0.364. The maximum atomic E-state index is 12.2. The molecule has 17 heavy (non-hydrogen) atoms. The van der Waals surface area contributed by atoms with Gasteiger partial charge in [0.05, 0.1) is 11.0 Å². The van der Waals surface area contributed by atoms with Crippen molar-refractivity contribution in [1.82, 2.24) is 4.31 Å². The van der Waals surface area contributed by atoms with Crippen molar-refractivity contribution in [3.63, 3.8) is 0 Å². The molecule has 0 fully saturated rings. The number of benzene rings is 1. The van der Waals surface area contributed by atoms with Crippen LogP contribution in [-0.2, 0) is 10.0 Å². The molecule has 0 radical (unpaired) electrons. The van der Waals surface area contributed by atoms with E-state index in [1.807, 2.05) is 6.07 Å². The fourth-order valence-corrected chi connectivity index (χ4v) is 2.83. The molecule has 2 N–H and O–H groups in total. The van der Waals surface area contributed by atoms with Gasteiger partial charge in [0, 0.05) is 25.7 Å². The highest BCUT2D eigenvalue weighted by Gasteiger charge is 2.22. The molecule has 1 aromatic carbocycles. The van der Waals surface area contributed by atoms with Crippen molar-refractivity contribution < 1.29 is 8.42 Å². The number of hydrogen-bond donors (Lipinski definition) is 1. The van der Waals surface area contributed by atoms with Crippen LogP contribution in [0.25, 0.3) is 0 Å². The Balaban J connectivity index is 3.14. The zero-order valence-corrected chi connectivity index (χ0v) is 10.7. The Bertz CT molecular complexity index is 546. The number of nitriles is 1. The zero-order chi connectivity index (χ0) is 13.1. The Kier molecular flexibility index (Phi) is 4.10. The lowest BCUT2D eigenvalue weighted by Gasteiger charge is -2.17. The summed E-state index contributed by atoms with van der Waals surface area (Å²) in [6.45, 7) is 1.84. The molecule has 1 aromatic rings. The van der Waals surface area contributed by atoms with Gasteiger partial charge in [0.15, 0.2) is 0 Å². The molecule has 0 bridgehead atoms. The lowest BCUT2D eigenvalue weighted by molar-refractivity contribution is 0.476. The smallest absolute Gasteiger partial charge is 0.243 e. The molecular formula is C11H15N3O2S. The molecule has 0 aliphatic carbocycles. The van der Waals surface area contributed by atoms with E-state index in [1.165, 1.54) is 13.1 Å². The van der Waals surface area contributed by atoms with Crippen molar-refractivity contribution >= 4 is 15.7 Å². The summed E-state index contributed by atoms with van der Waals surface area (Å²) in [6.07, 6.45) is 0.164. The normalized spacial score (nSPS) is 11.4. The van der Waals surface area contributed by atoms with Crippen LogP contribution in [0.1, 0.15) is 12.0 Å². The van der Waals surface area contributed by atoms with E-state index >= 15 is 0 Å². The largest absolute Gasteiger partial charge is 0.398 e. The summed E-state index contributed by atoms with van der Waals surface area (Å²) in [7, 11) is -2.11. The van der Waals surface area contributed by atoms with Crippen LogP contribution in [0, 0.1) is 18.3 Å². The molecule has 6 heteroatoms. The van der Waals surface area contributed by atoms with Crippen molar-refractivity contribution in [1.29, 1.82) is 5.26 Å². The molecule has 0 aliphatic rings. The van der Waals surface area contributed by atoms with Crippen molar-refractivity contribution in [2.45, 2.75) is 18.2 Å². The average molecular weight is 253 g/mol. The van der Waals surface area contributed by atoms with Gasteiger partial charge in [0.25, 0.3) is 0 Å². The van der Waals surface area contributed by atoms with Gasteiger partial charge in [-0.15, -0.1) is 0 Å². The number of sulfonamides is 1. The van der Waals surface area contributed by atoms with Crippen LogP contribution < -0.4 is 5.73 Å². The van der Waals surface area contributed by atoms with Crippen LogP contribution in [0.3, 0.4) is 0 Å². The number of hydrogen-bond acceptors (Lipinski definition) is 4. The molecule has 5 nitrogen and oxygen atoms in total. The highest BCUT2D eigenvalue weighted by atomic mass is 32.2. The second-order valence-corrected chi connectivity index (χ2v) is 5.72. The van der Waals surface area contributed by atoms with Crippen LogP contribution >= 0.6 is 0 Å². The summed E-state index contributed by atoms with van der Waals surface area (Å²) in [5, 5.41) is 8.46. The first-order chi connectivity index (χ1) is 7.91. The van der Waals surface area contributed by atoms with E-state index in [4.69, 9.17) is 11.0 Å². The molecular weight excluding hydrogens is 238 g/mol. The minimum Gasteiger partial charge on any atom is -0.398 e. The van der Waals surface area contributed by atoms with Crippen LogP contribution in [0.4, 0.5) is 5.69 Å². The summed E-state index contributed by atoms with van der Waals surface area (Å²) >= 11 is 0. The Morgan fingerprint density at radius 3 is 2.71 bits per heavy atom. The van der Waals surface area contributed by atoms with Gasteiger partial charge in [0.2, 0.25) is 10.0 Å². The lowest BCUT2D eigenvalue weighted by Crippen LogP contribution is -2.28. The molecule has 0 spiro atoms. The van der Waals surface area contributed by atoms with E-state index < -0.39 is 10.0 Å². The molecule has 0 aromatic heterocycles. The quantitative estimate of drug-likeness (QED) is 0.814. The van der Waals surface area contributed by atoms with Gasteiger partial charge in [-0.05, 0) is 24.6 Å². The van der Waals surface area contributed by atoms with Gasteiger partial charge < -0.3 is 5.73 Å². The third kappa shape index (κ3) is 2.75. The summed E-state index contributed by atoms with van der Waals surface area (Å²) in [4.78, 5) is 0.193. The van der Waals surface area contributed by atoms with Gasteiger partial charge in [-0.25, -0.2) is 8.42 Å². The predicted molar refractivity (Wildman–Crippen MR) is 65.6 cm³/mol. The summed E-state index contributed by atoms with van der Waals surface area (Å²) in [6, 6.07) is 6.70. The van der Waals surface area contributed by atoms with E-state index in [0.29, 0.717) is 11.3 Å². The summed E-state index contributed by atoms with van der Waals surface area (Å²) in [5.41, 5.74) is 6.66. The monoisotopic (exact) mass is 253 g/mol. The number of anilines is 1. The second kappa shape index (κ2) is 5.17. The van der Waals surface area contributed by atoms with Gasteiger partial charge in [-0.1, -0.05) is 6.07 Å². The second-order valence-electron chi connectivity index (χ2n) is 3.71. The van der Waals surface area contributed by atoms with Crippen LogP contribution in [0.5, 0.6) is 0 Å². The molecule has 0 atom stereocenters. The van der Waals surface area contributed by atoms with Crippen molar-refractivity contribution in [3.05, 3.63) is 23.8 Å². The summed E-state index contributed by atoms with van der Waals surface area (Å²) < 4.78 is 25.5. The van der Waals surface area contributed by atoms with E-state index in [-0.39, 0.29) is 17.9 Å². The maximum absolute atomic E-state index is 12.2. The van der Waals surface area contributed by atoms with E-state index in [1.54, 1.807) is 19.1 Å². The average Bonchev–Trinajstić information content (AvgIpc) is 2.29. The molecule has 0 saturated carbocycles. The number of nitrogen functional groups attached to an aromatic ring is 1. The molecule has 1 rings (SSSR count). The van der Waals surface area contributed by atoms with Gasteiger partial charge >= 0.3 is 0 Å². The Labute approximate surface area is 102 Å². The first kappa shape index (κ1) is 13.5. The van der Waals surface area contributed by atoms with Gasteiger partial charge in [-0.3, -0.25) is 0 Å². The highest BCUT2D eigenvalue weighted by Crippen LogP contribution is 2.23. The van der Waals surface area contributed by atoms with Gasteiger partial charge in [-0.2, -0.15) is 9.57 Å². The molecule has 0 aliphatic heterocycles. The molecule has 0 unspecified atom stereocenters. The molecule has 92 valence electrons. The number of rotatable bonds is 4. The van der Waals surface area contributed by atoms with Crippen molar-refractivity contribution in [2.75, 3.05) is 19.3 Å². The third-order valence-corrected chi connectivity index (χ3v) is 4.55. The SMILES string of the molecule is Cc1c(N)cccc1S(=O)(=O)N(C)CCC#N. The van der Waals surface area contributed by atoms with E-state index in [9.17, 15) is 8.42 Å². The van der Waals surface area contributed by atoms with Crippen LogP contribution in [0.2, 0.25) is 0 Å². The number of nitrogens with zero attached hydrogens (tertiary/aromatic N) is 2. The Morgan fingerprint density at radius 1 is 1.47 bits per heavy atom. The molecule has 0 amide bonds. The first-order valence-corrected chi connectivity index (χ1v) is 6.53. The molecule has 0 saturated heterocycles. The highest BCUT2D eigenvalue weighted by molar-refractivity contribution is 7.89. The fourth-order valence-electron chi connectivity index (χ4n) is 1.41. The standard InChI is InChI=1S/C11H15N3O2S/c1-9-10(13)5-3-6-11(9)17(15,16)14(2)8-4-7-12/h3,5-6H,4,8,13H2,1-2H3. The minimum absolute atomic E-state index is 0.164. The zero-order valence-electron chi connectivity index (χ0n) is 9.84. The lowest BCUT2D eigenvalue weighted by atomic mass is 10.2. The minimum atomic E-state index is -3.56. The van der Waals surface area contributed by atoms with E-state index in [2.05, 4.69) is 0 Å². The Hall–Kier alpha value is -1.58. The van der Waals surface area contributed by atoms with E-state index in [0.717, 1.165) is 4.31 Å². The maximum Gasteiger partial charge on any atom is 0.243 e. The summed E-state index contributed by atoms with van der Waals surface area (Å²) in [5.74, 6) is 0. The van der Waals surface area contributed by atoms with Crippen LogP contribution in [-0.4, -0.2) is 26.3 Å².